The minimum absolute atomic E-state index is 0.137. The van der Waals surface area contributed by atoms with Gasteiger partial charge in [0, 0.05) is 25.4 Å². The van der Waals surface area contributed by atoms with Gasteiger partial charge in [-0.1, -0.05) is 26.0 Å². The van der Waals surface area contributed by atoms with Crippen molar-refractivity contribution in [3.05, 3.63) is 59.7 Å². The maximum absolute atomic E-state index is 12.6. The summed E-state index contributed by atoms with van der Waals surface area (Å²) < 4.78 is 0. The van der Waals surface area contributed by atoms with Gasteiger partial charge in [-0.25, -0.2) is 4.98 Å². The fourth-order valence-corrected chi connectivity index (χ4v) is 3.65. The number of carbonyl (C=O) groups excluding carboxylic acids is 3. The summed E-state index contributed by atoms with van der Waals surface area (Å²) in [5.74, 6) is 0.0176. The number of H-pyrrole nitrogens is 1. The molecule has 8 heteroatoms. The standard InChI is InChI=1S/C22H23N5O3/c1-13(2)19(20-24-16-6-3-4-7-17(16)25-20)26-18(28)8-5-11-27-21(29)14-9-10-23-12-15(14)22(27)30/h3-4,6-7,9-10,12-13,19H,5,8,11H2,1-2H3,(H,24,25)(H,26,28)/t19-/m0/s1. The minimum atomic E-state index is -0.356. The maximum Gasteiger partial charge on any atom is 0.263 e. The fourth-order valence-electron chi connectivity index (χ4n) is 3.65. The van der Waals surface area contributed by atoms with Crippen LogP contribution in [0.25, 0.3) is 11.0 Å². The van der Waals surface area contributed by atoms with E-state index in [0.29, 0.717) is 23.4 Å². The zero-order chi connectivity index (χ0) is 21.3. The van der Waals surface area contributed by atoms with Gasteiger partial charge in [-0.15, -0.1) is 0 Å². The van der Waals surface area contributed by atoms with Gasteiger partial charge in [0.2, 0.25) is 5.91 Å². The molecular formula is C22H23N5O3. The van der Waals surface area contributed by atoms with Crippen LogP contribution < -0.4 is 5.32 Å². The molecular weight excluding hydrogens is 382 g/mol. The second-order valence-corrected chi connectivity index (χ2v) is 7.72. The molecule has 0 saturated carbocycles. The Morgan fingerprint density at radius 2 is 1.90 bits per heavy atom. The molecule has 0 fully saturated rings. The van der Waals surface area contributed by atoms with Gasteiger partial charge < -0.3 is 10.3 Å². The number of nitrogens with one attached hydrogen (secondary N) is 2. The van der Waals surface area contributed by atoms with Crippen molar-refractivity contribution in [2.45, 2.75) is 32.7 Å². The number of hydrogen-bond donors (Lipinski definition) is 2. The van der Waals surface area contributed by atoms with Gasteiger partial charge in [0.15, 0.2) is 0 Å². The van der Waals surface area contributed by atoms with E-state index in [0.717, 1.165) is 11.0 Å². The lowest BCUT2D eigenvalue weighted by Crippen LogP contribution is -2.34. The highest BCUT2D eigenvalue weighted by atomic mass is 16.2. The number of pyridine rings is 1. The molecule has 0 saturated heterocycles. The van der Waals surface area contributed by atoms with E-state index < -0.39 is 0 Å². The highest BCUT2D eigenvalue weighted by molar-refractivity contribution is 6.21. The largest absolute Gasteiger partial charge is 0.346 e. The number of aromatic nitrogens is 3. The molecule has 1 atom stereocenters. The van der Waals surface area contributed by atoms with Gasteiger partial charge in [0.1, 0.15) is 5.82 Å². The van der Waals surface area contributed by atoms with Crippen LogP contribution in [0.4, 0.5) is 0 Å². The summed E-state index contributed by atoms with van der Waals surface area (Å²) in [5.41, 5.74) is 2.46. The van der Waals surface area contributed by atoms with E-state index in [9.17, 15) is 14.4 Å². The Labute approximate surface area is 173 Å². The van der Waals surface area contributed by atoms with Crippen LogP contribution in [0.5, 0.6) is 0 Å². The smallest absolute Gasteiger partial charge is 0.263 e. The van der Waals surface area contributed by atoms with Crippen LogP contribution in [0, 0.1) is 5.92 Å². The van der Waals surface area contributed by atoms with Crippen molar-refractivity contribution in [1.29, 1.82) is 0 Å². The molecule has 3 aromatic rings. The quantitative estimate of drug-likeness (QED) is 0.588. The van der Waals surface area contributed by atoms with Crippen molar-refractivity contribution in [3.8, 4) is 0 Å². The van der Waals surface area contributed by atoms with E-state index in [1.807, 2.05) is 38.1 Å². The molecule has 0 spiro atoms. The summed E-state index contributed by atoms with van der Waals surface area (Å²) >= 11 is 0. The zero-order valence-electron chi connectivity index (χ0n) is 16.9. The molecule has 4 rings (SSSR count). The third kappa shape index (κ3) is 3.68. The number of amides is 3. The summed E-state index contributed by atoms with van der Waals surface area (Å²) in [5, 5.41) is 3.03. The van der Waals surface area contributed by atoms with Crippen LogP contribution >= 0.6 is 0 Å². The van der Waals surface area contributed by atoms with E-state index in [1.54, 1.807) is 6.07 Å². The SMILES string of the molecule is CC(C)[C@H](NC(=O)CCCN1C(=O)c2ccncc2C1=O)c1nc2ccccc2[nH]1. The van der Waals surface area contributed by atoms with Crippen molar-refractivity contribution >= 4 is 28.8 Å². The molecule has 1 aliphatic heterocycles. The Hall–Kier alpha value is -3.55. The number of para-hydroxylation sites is 2. The monoisotopic (exact) mass is 405 g/mol. The van der Waals surface area contributed by atoms with Crippen LogP contribution in [0.2, 0.25) is 0 Å². The van der Waals surface area contributed by atoms with E-state index in [-0.39, 0.29) is 42.6 Å². The normalized spacial score (nSPS) is 14.4. The summed E-state index contributed by atoms with van der Waals surface area (Å²) in [6.07, 6.45) is 3.48. The average Bonchev–Trinajstić information content (AvgIpc) is 3.27. The number of rotatable bonds is 7. The van der Waals surface area contributed by atoms with Crippen LogP contribution in [0.1, 0.15) is 59.3 Å². The van der Waals surface area contributed by atoms with E-state index in [4.69, 9.17) is 0 Å². The number of benzene rings is 1. The first-order valence-electron chi connectivity index (χ1n) is 10.00. The first-order chi connectivity index (χ1) is 14.5. The molecule has 154 valence electrons. The molecule has 0 unspecified atom stereocenters. The summed E-state index contributed by atoms with van der Waals surface area (Å²) in [6.45, 7) is 4.23. The van der Waals surface area contributed by atoms with Crippen molar-refractivity contribution < 1.29 is 14.4 Å². The number of hydrogen-bond acceptors (Lipinski definition) is 5. The summed E-state index contributed by atoms with van der Waals surface area (Å²) in [4.78, 5) is 50.3. The number of carbonyl (C=O) groups is 3. The van der Waals surface area contributed by atoms with Gasteiger partial charge in [0.25, 0.3) is 11.8 Å². The van der Waals surface area contributed by atoms with Crippen molar-refractivity contribution in [1.82, 2.24) is 25.2 Å². The van der Waals surface area contributed by atoms with Crippen molar-refractivity contribution in [2.24, 2.45) is 5.92 Å². The van der Waals surface area contributed by atoms with E-state index in [1.165, 1.54) is 17.3 Å². The van der Waals surface area contributed by atoms with Crippen molar-refractivity contribution in [2.75, 3.05) is 6.54 Å². The van der Waals surface area contributed by atoms with Crippen LogP contribution in [0.3, 0.4) is 0 Å². The van der Waals surface area contributed by atoms with E-state index >= 15 is 0 Å². The van der Waals surface area contributed by atoms with Gasteiger partial charge in [-0.3, -0.25) is 24.3 Å². The third-order valence-corrected chi connectivity index (χ3v) is 5.24. The molecule has 1 aromatic carbocycles. The molecule has 30 heavy (non-hydrogen) atoms. The lowest BCUT2D eigenvalue weighted by molar-refractivity contribution is -0.122. The molecule has 1 aliphatic rings. The lowest BCUT2D eigenvalue weighted by atomic mass is 10.0. The van der Waals surface area contributed by atoms with Gasteiger partial charge in [0.05, 0.1) is 28.2 Å². The first kappa shape index (κ1) is 19.8. The molecule has 3 amide bonds. The molecule has 0 bridgehead atoms. The number of aromatic amines is 1. The van der Waals surface area contributed by atoms with Crippen molar-refractivity contribution in [3.63, 3.8) is 0 Å². The Kier molecular flexibility index (Phi) is 5.31. The maximum atomic E-state index is 12.6. The highest BCUT2D eigenvalue weighted by Crippen LogP contribution is 2.23. The number of imide groups is 1. The molecule has 8 nitrogen and oxygen atoms in total. The van der Waals surface area contributed by atoms with E-state index in [2.05, 4.69) is 20.3 Å². The van der Waals surface area contributed by atoms with Crippen LogP contribution in [0.15, 0.2) is 42.7 Å². The fraction of sp³-hybridized carbons (Fsp3) is 0.318. The topological polar surface area (TPSA) is 108 Å². The number of fused-ring (bicyclic) bond motifs is 2. The lowest BCUT2D eigenvalue weighted by Gasteiger charge is -2.20. The predicted octanol–water partition coefficient (Wildman–Crippen LogP) is 2.85. The highest BCUT2D eigenvalue weighted by Gasteiger charge is 2.35. The van der Waals surface area contributed by atoms with Gasteiger partial charge in [-0.05, 0) is 30.5 Å². The van der Waals surface area contributed by atoms with Gasteiger partial charge >= 0.3 is 0 Å². The minimum Gasteiger partial charge on any atom is -0.346 e. The molecule has 2 aromatic heterocycles. The van der Waals surface area contributed by atoms with Crippen LogP contribution in [-0.2, 0) is 4.79 Å². The predicted molar refractivity (Wildman–Crippen MR) is 111 cm³/mol. The number of nitrogens with zero attached hydrogens (tertiary/aromatic N) is 3. The molecule has 0 radical (unpaired) electrons. The van der Waals surface area contributed by atoms with Gasteiger partial charge in [-0.2, -0.15) is 0 Å². The Morgan fingerprint density at radius 3 is 2.63 bits per heavy atom. The zero-order valence-corrected chi connectivity index (χ0v) is 16.9. The van der Waals surface area contributed by atoms with Crippen LogP contribution in [-0.4, -0.2) is 44.1 Å². The summed E-state index contributed by atoms with van der Waals surface area (Å²) in [6, 6.07) is 9.01. The Morgan fingerprint density at radius 1 is 1.13 bits per heavy atom. The molecule has 0 aliphatic carbocycles. The average molecular weight is 405 g/mol. The second kappa shape index (κ2) is 8.06. The first-order valence-corrected chi connectivity index (χ1v) is 10.00. The third-order valence-electron chi connectivity index (χ3n) is 5.24. The Balaban J connectivity index is 1.36. The second-order valence-electron chi connectivity index (χ2n) is 7.72. The molecule has 2 N–H and O–H groups in total. The molecule has 3 heterocycles. The Bertz CT molecular complexity index is 1050. The summed E-state index contributed by atoms with van der Waals surface area (Å²) in [7, 11) is 0. The number of imidazole rings is 1.